The van der Waals surface area contributed by atoms with Gasteiger partial charge in [-0.3, -0.25) is 0 Å². The van der Waals surface area contributed by atoms with Crippen LogP contribution in [0.25, 0.3) is 5.57 Å². The van der Waals surface area contributed by atoms with Crippen LogP contribution in [0.2, 0.25) is 5.02 Å². The summed E-state index contributed by atoms with van der Waals surface area (Å²) in [5.41, 5.74) is 5.89. The van der Waals surface area contributed by atoms with Gasteiger partial charge in [0.1, 0.15) is 12.1 Å². The monoisotopic (exact) mass is 494 g/mol. The van der Waals surface area contributed by atoms with Crippen molar-refractivity contribution in [3.63, 3.8) is 0 Å². The van der Waals surface area contributed by atoms with Gasteiger partial charge in [-0.05, 0) is 70.4 Å². The first-order chi connectivity index (χ1) is 16.5. The molecule has 1 aromatic carbocycles. The van der Waals surface area contributed by atoms with Crippen molar-refractivity contribution in [3.8, 4) is 0 Å². The van der Waals surface area contributed by atoms with Gasteiger partial charge < -0.3 is 19.7 Å². The number of hydrogen-bond donors (Lipinski definition) is 2. The number of carbonyl (C=O) groups is 1. The molecule has 2 N–H and O–H groups in total. The minimum absolute atomic E-state index is 0.295. The molecule has 0 radical (unpaired) electrons. The van der Waals surface area contributed by atoms with Crippen LogP contribution in [0.1, 0.15) is 55.6 Å². The normalized spacial score (nSPS) is 16.6. The molecule has 0 aliphatic carbocycles. The van der Waals surface area contributed by atoms with Crippen LogP contribution in [0.4, 0.5) is 5.82 Å². The number of carboxylic acids is 1. The van der Waals surface area contributed by atoms with Crippen LogP contribution in [0.15, 0.2) is 48.6 Å². The minimum atomic E-state index is -1.12. The lowest BCUT2D eigenvalue weighted by Crippen LogP contribution is -2.41. The smallest absolute Gasteiger partial charge is 0.337 e. The highest BCUT2D eigenvalue weighted by Gasteiger charge is 2.39. The predicted molar refractivity (Wildman–Crippen MR) is 138 cm³/mol. The molecule has 0 saturated carbocycles. The van der Waals surface area contributed by atoms with Crippen LogP contribution in [0.5, 0.6) is 0 Å². The summed E-state index contributed by atoms with van der Waals surface area (Å²) >= 11 is 6.20. The quantitative estimate of drug-likeness (QED) is 0.471. The zero-order valence-electron chi connectivity index (χ0n) is 20.9. The van der Waals surface area contributed by atoms with Crippen LogP contribution < -0.4 is 5.32 Å². The van der Waals surface area contributed by atoms with Crippen molar-refractivity contribution in [1.29, 1.82) is 0 Å². The maximum absolute atomic E-state index is 12.5. The highest BCUT2D eigenvalue weighted by Crippen LogP contribution is 2.45. The van der Waals surface area contributed by atoms with E-state index in [2.05, 4.69) is 33.7 Å². The van der Waals surface area contributed by atoms with Crippen molar-refractivity contribution in [2.45, 2.75) is 65.8 Å². The number of nitrogens with zero attached hydrogens (tertiary/aromatic N) is 3. The maximum Gasteiger partial charge on any atom is 0.337 e. The fourth-order valence-electron chi connectivity index (χ4n) is 4.64. The molecule has 0 bridgehead atoms. The van der Waals surface area contributed by atoms with Gasteiger partial charge in [0, 0.05) is 45.9 Å². The predicted octanol–water partition coefficient (Wildman–Crippen LogP) is 5.48. The average Bonchev–Trinajstić information content (AvgIpc) is 3.02. The van der Waals surface area contributed by atoms with Crippen LogP contribution >= 0.6 is 11.6 Å². The van der Waals surface area contributed by atoms with Gasteiger partial charge in [-0.1, -0.05) is 23.7 Å². The van der Waals surface area contributed by atoms with E-state index in [0.29, 0.717) is 17.1 Å². The summed E-state index contributed by atoms with van der Waals surface area (Å²) in [6, 6.07) is 7.24. The SMILES string of the molecule is Cc1c2c(n(Cc3cncnc3)c1C)NC(C)C([C@H](OC(C)(C)C)C(=O)O)=C2c1ccc(Cl)cc1. The summed E-state index contributed by atoms with van der Waals surface area (Å²) in [5.74, 6) is -0.0846. The Morgan fingerprint density at radius 1 is 1.20 bits per heavy atom. The van der Waals surface area contributed by atoms with Crippen molar-refractivity contribution in [3.05, 3.63) is 81.5 Å². The Bertz CT molecular complexity index is 1270. The highest BCUT2D eigenvalue weighted by atomic mass is 35.5. The number of halogens is 1. The average molecular weight is 495 g/mol. The fourth-order valence-corrected chi connectivity index (χ4v) is 4.77. The third-order valence-electron chi connectivity index (χ3n) is 6.25. The van der Waals surface area contributed by atoms with Gasteiger partial charge in [-0.25, -0.2) is 14.8 Å². The molecule has 8 heteroatoms. The van der Waals surface area contributed by atoms with E-state index < -0.39 is 17.7 Å². The van der Waals surface area contributed by atoms with Crippen molar-refractivity contribution in [2.75, 3.05) is 5.32 Å². The number of benzene rings is 1. The number of hydrogen-bond acceptors (Lipinski definition) is 5. The standard InChI is InChI=1S/C27H31ClN4O3/c1-15-17(3)32(13-18-11-29-14-30-12-18)25-21(15)23(19-7-9-20(28)10-8-19)22(16(2)31-25)24(26(33)34)35-27(4,5)6/h7-12,14,16,24,31H,13H2,1-6H3,(H,33,34)/t16?,24-/m0/s1. The van der Waals surface area contributed by atoms with Gasteiger partial charge in [0.2, 0.25) is 0 Å². The largest absolute Gasteiger partial charge is 0.479 e. The van der Waals surface area contributed by atoms with Crippen LogP contribution in [0.3, 0.4) is 0 Å². The van der Waals surface area contributed by atoms with Crippen molar-refractivity contribution >= 4 is 29.0 Å². The summed E-state index contributed by atoms with van der Waals surface area (Å²) in [5, 5.41) is 14.5. The second-order valence-electron chi connectivity index (χ2n) is 9.92. The molecular weight excluding hydrogens is 464 g/mol. The number of carboxylic acid groups (broad SMARTS) is 1. The van der Waals surface area contributed by atoms with E-state index >= 15 is 0 Å². The van der Waals surface area contributed by atoms with Crippen molar-refractivity contribution in [1.82, 2.24) is 14.5 Å². The van der Waals surface area contributed by atoms with E-state index in [9.17, 15) is 9.90 Å². The molecule has 4 rings (SSSR count). The summed E-state index contributed by atoms with van der Waals surface area (Å²) in [7, 11) is 0. The van der Waals surface area contributed by atoms with Gasteiger partial charge in [0.05, 0.1) is 12.1 Å². The Hall–Kier alpha value is -3.16. The Labute approximate surface area is 210 Å². The molecule has 1 unspecified atom stereocenters. The number of rotatable bonds is 6. The van der Waals surface area contributed by atoms with Crippen LogP contribution in [-0.2, 0) is 16.1 Å². The topological polar surface area (TPSA) is 89.3 Å². The summed E-state index contributed by atoms with van der Waals surface area (Å²) in [6.07, 6.45) is 4.00. The van der Waals surface area contributed by atoms with E-state index in [1.165, 1.54) is 6.33 Å². The molecule has 0 saturated heterocycles. The number of ether oxygens (including phenoxy) is 1. The Morgan fingerprint density at radius 2 is 1.83 bits per heavy atom. The molecule has 7 nitrogen and oxygen atoms in total. The fraction of sp³-hybridized carbons (Fsp3) is 0.370. The molecular formula is C27H31ClN4O3. The number of aromatic nitrogens is 3. The first-order valence-corrected chi connectivity index (χ1v) is 12.0. The summed E-state index contributed by atoms with van der Waals surface area (Å²) in [4.78, 5) is 20.8. The lowest BCUT2D eigenvalue weighted by atomic mass is 9.83. The second kappa shape index (κ2) is 9.47. The zero-order valence-corrected chi connectivity index (χ0v) is 21.6. The number of aliphatic carboxylic acids is 1. The van der Waals surface area contributed by atoms with Gasteiger partial charge in [-0.2, -0.15) is 0 Å². The molecule has 1 aliphatic heterocycles. The van der Waals surface area contributed by atoms with Gasteiger partial charge in [0.25, 0.3) is 0 Å². The van der Waals surface area contributed by atoms with Gasteiger partial charge >= 0.3 is 5.97 Å². The maximum atomic E-state index is 12.5. The van der Waals surface area contributed by atoms with E-state index in [0.717, 1.165) is 39.3 Å². The van der Waals surface area contributed by atoms with Gasteiger partial charge in [0.15, 0.2) is 6.10 Å². The second-order valence-corrected chi connectivity index (χ2v) is 10.4. The third kappa shape index (κ3) is 4.97. The molecule has 0 fully saturated rings. The van der Waals surface area contributed by atoms with Crippen molar-refractivity contribution in [2.24, 2.45) is 0 Å². The van der Waals surface area contributed by atoms with Crippen molar-refractivity contribution < 1.29 is 14.6 Å². The van der Waals surface area contributed by atoms with Gasteiger partial charge in [-0.15, -0.1) is 0 Å². The highest BCUT2D eigenvalue weighted by molar-refractivity contribution is 6.30. The van der Waals surface area contributed by atoms with Crippen LogP contribution in [0, 0.1) is 13.8 Å². The molecule has 3 heterocycles. The number of fused-ring (bicyclic) bond motifs is 1. The molecule has 1 aliphatic rings. The molecule has 2 aromatic heterocycles. The van der Waals surface area contributed by atoms with E-state index in [4.69, 9.17) is 16.3 Å². The lowest BCUT2D eigenvalue weighted by molar-refractivity contribution is -0.155. The molecule has 0 spiro atoms. The lowest BCUT2D eigenvalue weighted by Gasteiger charge is -2.35. The number of anilines is 1. The first kappa shape index (κ1) is 24.9. The summed E-state index contributed by atoms with van der Waals surface area (Å²) in [6.45, 7) is 12.3. The Balaban J connectivity index is 2.00. The number of nitrogens with one attached hydrogen (secondary N) is 1. The van der Waals surface area contributed by atoms with E-state index in [1.54, 1.807) is 12.4 Å². The van der Waals surface area contributed by atoms with E-state index in [-0.39, 0.29) is 6.04 Å². The Morgan fingerprint density at radius 3 is 2.40 bits per heavy atom. The molecule has 184 valence electrons. The third-order valence-corrected chi connectivity index (χ3v) is 6.51. The molecule has 3 aromatic rings. The first-order valence-electron chi connectivity index (χ1n) is 11.6. The Kier molecular flexibility index (Phi) is 6.75. The summed E-state index contributed by atoms with van der Waals surface area (Å²) < 4.78 is 8.33. The molecule has 35 heavy (non-hydrogen) atoms. The molecule has 0 amide bonds. The molecule has 2 atom stereocenters. The minimum Gasteiger partial charge on any atom is -0.479 e. The van der Waals surface area contributed by atoms with Crippen LogP contribution in [-0.4, -0.2) is 43.4 Å². The van der Waals surface area contributed by atoms with E-state index in [1.807, 2.05) is 52.0 Å². The zero-order chi connectivity index (χ0) is 25.5.